The zero-order valence-electron chi connectivity index (χ0n) is 7.22. The van der Waals surface area contributed by atoms with Crippen molar-refractivity contribution in [1.82, 2.24) is 19.7 Å². The molecule has 0 aliphatic rings. The van der Waals surface area contributed by atoms with Crippen LogP contribution in [0.4, 0.5) is 0 Å². The van der Waals surface area contributed by atoms with E-state index in [0.29, 0.717) is 14.5 Å². The molecule has 15 heavy (non-hydrogen) atoms. The van der Waals surface area contributed by atoms with Crippen molar-refractivity contribution in [3.63, 3.8) is 0 Å². The van der Waals surface area contributed by atoms with Crippen LogP contribution in [0.2, 0.25) is 9.49 Å². The van der Waals surface area contributed by atoms with Gasteiger partial charge in [0.1, 0.15) is 5.01 Å². The molecule has 0 fully saturated rings. The molecule has 0 unspecified atom stereocenters. The van der Waals surface area contributed by atoms with Gasteiger partial charge in [-0.25, -0.2) is 9.78 Å². The van der Waals surface area contributed by atoms with Crippen LogP contribution >= 0.6 is 34.5 Å². The fourth-order valence-corrected chi connectivity index (χ4v) is 2.02. The minimum atomic E-state index is -0.384. The Morgan fingerprint density at radius 3 is 2.87 bits per heavy atom. The maximum absolute atomic E-state index is 11.3. The quantitative estimate of drug-likeness (QED) is 0.822. The molecule has 8 heteroatoms. The lowest BCUT2D eigenvalue weighted by Gasteiger charge is -2.00. The van der Waals surface area contributed by atoms with Gasteiger partial charge < -0.3 is 0 Å². The lowest BCUT2D eigenvalue weighted by Crippen LogP contribution is -2.22. The van der Waals surface area contributed by atoms with Crippen molar-refractivity contribution in [2.24, 2.45) is 0 Å². The Morgan fingerprint density at radius 2 is 2.20 bits per heavy atom. The first-order valence-electron chi connectivity index (χ1n) is 3.85. The van der Waals surface area contributed by atoms with Gasteiger partial charge in [0.25, 0.3) is 0 Å². The molecule has 0 aliphatic heterocycles. The average Bonchev–Trinajstić information content (AvgIpc) is 2.58. The van der Waals surface area contributed by atoms with Crippen LogP contribution in [0, 0.1) is 0 Å². The van der Waals surface area contributed by atoms with Gasteiger partial charge in [0.15, 0.2) is 0 Å². The topological polar surface area (TPSA) is 60.7 Å². The second-order valence-electron chi connectivity index (χ2n) is 2.63. The summed E-state index contributed by atoms with van der Waals surface area (Å²) in [7, 11) is 0. The Balaban J connectivity index is 2.31. The Kier molecular flexibility index (Phi) is 2.99. The molecule has 0 radical (unpaired) electrons. The van der Waals surface area contributed by atoms with Crippen molar-refractivity contribution < 1.29 is 0 Å². The van der Waals surface area contributed by atoms with Crippen molar-refractivity contribution in [2.75, 3.05) is 0 Å². The normalized spacial score (nSPS) is 10.5. The fourth-order valence-electron chi connectivity index (χ4n) is 0.984. The Morgan fingerprint density at radius 1 is 1.40 bits per heavy atom. The molecule has 0 atom stereocenters. The van der Waals surface area contributed by atoms with Gasteiger partial charge in [0.2, 0.25) is 4.47 Å². The van der Waals surface area contributed by atoms with E-state index < -0.39 is 0 Å². The van der Waals surface area contributed by atoms with E-state index in [1.54, 1.807) is 0 Å². The summed E-state index contributed by atoms with van der Waals surface area (Å²) in [6.07, 6.45) is 2.79. The summed E-state index contributed by atoms with van der Waals surface area (Å²) in [5.41, 5.74) is -0.384. The van der Waals surface area contributed by atoms with E-state index >= 15 is 0 Å². The van der Waals surface area contributed by atoms with Crippen molar-refractivity contribution in [3.8, 4) is 0 Å². The van der Waals surface area contributed by atoms with Crippen molar-refractivity contribution in [3.05, 3.63) is 37.4 Å². The number of rotatable bonds is 2. The van der Waals surface area contributed by atoms with Crippen molar-refractivity contribution >= 4 is 34.5 Å². The Bertz CT molecular complexity index is 538. The van der Waals surface area contributed by atoms with E-state index in [0.717, 1.165) is 0 Å². The number of aromatic nitrogens is 4. The summed E-state index contributed by atoms with van der Waals surface area (Å²) in [5, 5.41) is 8.44. The molecule has 0 aliphatic carbocycles. The molecule has 0 amide bonds. The summed E-state index contributed by atoms with van der Waals surface area (Å²) in [6, 6.07) is 0. The summed E-state index contributed by atoms with van der Waals surface area (Å²) >= 11 is 12.5. The highest BCUT2D eigenvalue weighted by Gasteiger charge is 2.05. The van der Waals surface area contributed by atoms with Gasteiger partial charge >= 0.3 is 5.69 Å². The highest BCUT2D eigenvalue weighted by molar-refractivity contribution is 7.15. The van der Waals surface area contributed by atoms with Gasteiger partial charge in [0, 0.05) is 6.20 Å². The van der Waals surface area contributed by atoms with Crippen LogP contribution in [0.5, 0.6) is 0 Å². The summed E-state index contributed by atoms with van der Waals surface area (Å²) in [6.45, 7) is 0.275. The monoisotopic (exact) mass is 262 g/mol. The summed E-state index contributed by atoms with van der Waals surface area (Å²) < 4.78 is 1.69. The van der Waals surface area contributed by atoms with E-state index in [2.05, 4.69) is 15.2 Å². The van der Waals surface area contributed by atoms with Crippen LogP contribution in [0.1, 0.15) is 5.01 Å². The third-order valence-electron chi connectivity index (χ3n) is 1.57. The molecule has 0 saturated carbocycles. The highest BCUT2D eigenvalue weighted by atomic mass is 35.5. The molecule has 2 rings (SSSR count). The lowest BCUT2D eigenvalue weighted by molar-refractivity contribution is 0.715. The predicted molar refractivity (Wildman–Crippen MR) is 57.5 cm³/mol. The maximum Gasteiger partial charge on any atom is 0.347 e. The lowest BCUT2D eigenvalue weighted by atomic mass is 10.6. The summed E-state index contributed by atoms with van der Waals surface area (Å²) in [4.78, 5) is 14.9. The maximum atomic E-state index is 11.3. The number of nitrogens with zero attached hydrogens (tertiary/aromatic N) is 4. The molecule has 0 bridgehead atoms. The van der Waals surface area contributed by atoms with Gasteiger partial charge in [-0.15, -0.1) is 10.2 Å². The van der Waals surface area contributed by atoms with Crippen molar-refractivity contribution in [2.45, 2.75) is 6.54 Å². The van der Waals surface area contributed by atoms with Crippen LogP contribution in [-0.2, 0) is 6.54 Å². The molecule has 78 valence electrons. The first-order chi connectivity index (χ1) is 7.15. The van der Waals surface area contributed by atoms with Crippen LogP contribution in [0.3, 0.4) is 0 Å². The summed E-state index contributed by atoms with van der Waals surface area (Å²) in [5.74, 6) is 0. The average molecular weight is 263 g/mol. The molecule has 0 aromatic carbocycles. The van der Waals surface area contributed by atoms with Crippen LogP contribution in [0.25, 0.3) is 0 Å². The SMILES string of the molecule is O=c1ncc(Cl)cn1Cc1nnc(Cl)s1. The number of hydrogen-bond acceptors (Lipinski definition) is 5. The molecule has 0 N–H and O–H groups in total. The van der Waals surface area contributed by atoms with E-state index in [1.807, 2.05) is 0 Å². The third kappa shape index (κ3) is 2.53. The molecular formula is C7H4Cl2N4OS. The molecule has 2 aromatic heterocycles. The molecule has 2 heterocycles. The van der Waals surface area contributed by atoms with E-state index in [-0.39, 0.29) is 12.2 Å². The second-order valence-corrected chi connectivity index (χ2v) is 4.71. The first-order valence-corrected chi connectivity index (χ1v) is 5.42. The minimum Gasteiger partial charge on any atom is -0.291 e. The van der Waals surface area contributed by atoms with Gasteiger partial charge in [-0.05, 0) is 11.6 Å². The van der Waals surface area contributed by atoms with Crippen molar-refractivity contribution in [1.29, 1.82) is 0 Å². The van der Waals surface area contributed by atoms with Gasteiger partial charge in [-0.2, -0.15) is 0 Å². The van der Waals surface area contributed by atoms with E-state index in [4.69, 9.17) is 23.2 Å². The molecule has 2 aromatic rings. The van der Waals surface area contributed by atoms with E-state index in [9.17, 15) is 4.79 Å². The Hall–Kier alpha value is -0.980. The number of hydrogen-bond donors (Lipinski definition) is 0. The van der Waals surface area contributed by atoms with Crippen LogP contribution in [0.15, 0.2) is 17.2 Å². The fraction of sp³-hybridized carbons (Fsp3) is 0.143. The third-order valence-corrected chi connectivity index (χ3v) is 2.77. The first kappa shape index (κ1) is 10.5. The van der Waals surface area contributed by atoms with Crippen LogP contribution < -0.4 is 5.69 Å². The largest absolute Gasteiger partial charge is 0.347 e. The molecule has 0 saturated heterocycles. The van der Waals surface area contributed by atoms with Gasteiger partial charge in [-0.1, -0.05) is 22.9 Å². The van der Waals surface area contributed by atoms with E-state index in [1.165, 1.54) is 28.3 Å². The highest BCUT2D eigenvalue weighted by Crippen LogP contribution is 2.15. The molecular weight excluding hydrogens is 259 g/mol. The predicted octanol–water partition coefficient (Wildman–Crippen LogP) is 1.45. The molecule has 5 nitrogen and oxygen atoms in total. The zero-order valence-corrected chi connectivity index (χ0v) is 9.55. The number of halogens is 2. The zero-order chi connectivity index (χ0) is 10.8. The minimum absolute atomic E-state index is 0.275. The standard InChI is InChI=1S/C7H4Cl2N4OS/c8-4-1-10-7(14)13(2-4)3-5-11-12-6(9)15-5/h1-2H,3H2. The molecule has 0 spiro atoms. The van der Waals surface area contributed by atoms with Gasteiger partial charge in [-0.3, -0.25) is 4.57 Å². The Labute approximate surface area is 98.3 Å². The second kappa shape index (κ2) is 4.26. The van der Waals surface area contributed by atoms with Crippen LogP contribution in [-0.4, -0.2) is 19.7 Å². The smallest absolute Gasteiger partial charge is 0.291 e. The van der Waals surface area contributed by atoms with Gasteiger partial charge in [0.05, 0.1) is 17.8 Å².